The Morgan fingerprint density at radius 1 is 1.35 bits per heavy atom. The number of halogens is 3. The van der Waals surface area contributed by atoms with Crippen molar-refractivity contribution in [2.24, 2.45) is 10.9 Å². The van der Waals surface area contributed by atoms with Gasteiger partial charge in [-0.3, -0.25) is 4.74 Å². The van der Waals surface area contributed by atoms with E-state index in [0.717, 1.165) is 0 Å². The van der Waals surface area contributed by atoms with E-state index in [1.165, 1.54) is 18.2 Å². The summed E-state index contributed by atoms with van der Waals surface area (Å²) in [5.41, 5.74) is 0.0243. The van der Waals surface area contributed by atoms with E-state index in [1.807, 2.05) is 0 Å². The minimum atomic E-state index is -4.93. The van der Waals surface area contributed by atoms with Gasteiger partial charge in [0.05, 0.1) is 0 Å². The van der Waals surface area contributed by atoms with E-state index in [1.54, 1.807) is 18.2 Å². The molecule has 0 aliphatic carbocycles. The Morgan fingerprint density at radius 2 is 1.94 bits per heavy atom. The molecule has 0 bridgehead atoms. The molecule has 2 N–H and O–H groups in total. The molecule has 0 saturated carbocycles. The molecule has 0 aliphatic rings. The maximum atomic E-state index is 12.0. The Balaban J connectivity index is 2.99. The van der Waals surface area contributed by atoms with Gasteiger partial charge in [-0.1, -0.05) is 30.3 Å². The number of hydrogen-bond donors (Lipinski definition) is 1. The number of alkyl halides is 3. The summed E-state index contributed by atoms with van der Waals surface area (Å²) in [7, 11) is 0. The zero-order valence-corrected chi connectivity index (χ0v) is 8.48. The van der Waals surface area contributed by atoms with Gasteiger partial charge in [0.25, 0.3) is 0 Å². The first-order valence-corrected chi connectivity index (χ1v) is 4.45. The molecule has 0 saturated heterocycles. The highest BCUT2D eigenvalue weighted by Crippen LogP contribution is 2.20. The van der Waals surface area contributed by atoms with E-state index in [-0.39, 0.29) is 5.71 Å². The Labute approximate surface area is 95.1 Å². The predicted octanol–water partition coefficient (Wildman–Crippen LogP) is 1.78. The summed E-state index contributed by atoms with van der Waals surface area (Å²) in [6.45, 7) is 0. The monoisotopic (exact) mass is 243 g/mol. The van der Waals surface area contributed by atoms with Crippen LogP contribution in [0.1, 0.15) is 5.56 Å². The van der Waals surface area contributed by atoms with Gasteiger partial charge in [0.2, 0.25) is 0 Å². The average molecular weight is 243 g/mol. The number of rotatable bonds is 3. The van der Waals surface area contributed by atoms with Crippen LogP contribution in [-0.2, 0) is 4.74 Å². The van der Waals surface area contributed by atoms with Crippen molar-refractivity contribution in [1.82, 2.24) is 0 Å². The maximum absolute atomic E-state index is 12.0. The number of nitrogens with two attached hydrogens (primary N) is 1. The van der Waals surface area contributed by atoms with Gasteiger partial charge in [-0.2, -0.15) is 10.4 Å². The topological polar surface area (TPSA) is 71.4 Å². The van der Waals surface area contributed by atoms with Gasteiger partial charge < -0.3 is 5.84 Å². The highest BCUT2D eigenvalue weighted by atomic mass is 19.4. The molecule has 0 aliphatic heterocycles. The summed E-state index contributed by atoms with van der Waals surface area (Å²) >= 11 is 0. The van der Waals surface area contributed by atoms with E-state index in [4.69, 9.17) is 11.1 Å². The Bertz CT molecular complexity index is 436. The van der Waals surface area contributed by atoms with E-state index < -0.39 is 12.5 Å². The minimum absolute atomic E-state index is 0.273. The summed E-state index contributed by atoms with van der Waals surface area (Å²) in [6, 6.07) is 9.16. The van der Waals surface area contributed by atoms with Crippen LogP contribution >= 0.6 is 0 Å². The molecule has 1 aromatic rings. The quantitative estimate of drug-likeness (QED) is 0.499. The lowest BCUT2D eigenvalue weighted by Crippen LogP contribution is -2.31. The first-order chi connectivity index (χ1) is 7.98. The van der Waals surface area contributed by atoms with Crippen LogP contribution in [0.5, 0.6) is 0 Å². The van der Waals surface area contributed by atoms with E-state index in [0.29, 0.717) is 5.56 Å². The van der Waals surface area contributed by atoms with Crippen LogP contribution in [0.25, 0.3) is 0 Å². The summed E-state index contributed by atoms with van der Waals surface area (Å²) in [5, 5.41) is 11.8. The number of hydrazone groups is 1. The second-order valence-electron chi connectivity index (χ2n) is 2.95. The highest BCUT2D eigenvalue weighted by molar-refractivity contribution is 6.05. The lowest BCUT2D eigenvalue weighted by atomic mass is 10.1. The SMILES string of the molecule is N#CC(OC(F)(F)F)C(=NN)c1ccccc1. The van der Waals surface area contributed by atoms with Crippen molar-refractivity contribution in [3.8, 4) is 6.07 Å². The summed E-state index contributed by atoms with van der Waals surface area (Å²) in [4.78, 5) is 0. The number of nitriles is 1. The van der Waals surface area contributed by atoms with Crippen LogP contribution in [0.4, 0.5) is 13.2 Å². The largest absolute Gasteiger partial charge is 0.524 e. The molecule has 0 radical (unpaired) electrons. The van der Waals surface area contributed by atoms with Gasteiger partial charge in [0.15, 0.2) is 6.10 Å². The molecule has 0 amide bonds. The van der Waals surface area contributed by atoms with E-state index in [9.17, 15) is 13.2 Å². The van der Waals surface area contributed by atoms with Crippen molar-refractivity contribution in [3.63, 3.8) is 0 Å². The molecule has 7 heteroatoms. The Morgan fingerprint density at radius 3 is 2.35 bits per heavy atom. The van der Waals surface area contributed by atoms with Crippen molar-refractivity contribution in [3.05, 3.63) is 35.9 Å². The molecule has 1 aromatic carbocycles. The highest BCUT2D eigenvalue weighted by Gasteiger charge is 2.36. The molecular formula is C10H8F3N3O. The van der Waals surface area contributed by atoms with Crippen LogP contribution in [0.3, 0.4) is 0 Å². The molecule has 0 spiro atoms. The molecule has 1 rings (SSSR count). The summed E-state index contributed by atoms with van der Waals surface area (Å²) in [6.07, 6.45) is -6.81. The number of ether oxygens (including phenoxy) is 1. The lowest BCUT2D eigenvalue weighted by molar-refractivity contribution is -0.327. The summed E-state index contributed by atoms with van der Waals surface area (Å²) < 4.78 is 39.7. The van der Waals surface area contributed by atoms with Gasteiger partial charge in [0, 0.05) is 5.56 Å². The van der Waals surface area contributed by atoms with Crippen molar-refractivity contribution in [1.29, 1.82) is 5.26 Å². The molecule has 1 atom stereocenters. The van der Waals surface area contributed by atoms with Crippen LogP contribution in [0.2, 0.25) is 0 Å². The molecule has 0 aromatic heterocycles. The minimum Gasteiger partial charge on any atom is -0.323 e. The fourth-order valence-corrected chi connectivity index (χ4v) is 1.18. The zero-order chi connectivity index (χ0) is 12.9. The van der Waals surface area contributed by atoms with Crippen LogP contribution in [0, 0.1) is 11.3 Å². The fourth-order valence-electron chi connectivity index (χ4n) is 1.18. The molecule has 4 nitrogen and oxygen atoms in total. The standard InChI is InChI=1S/C10H8F3N3O/c11-10(12,13)17-8(6-14)9(16-15)7-4-2-1-3-5-7/h1-5,8H,15H2. The molecule has 1 unspecified atom stereocenters. The van der Waals surface area contributed by atoms with Crippen LogP contribution in [-0.4, -0.2) is 18.2 Å². The van der Waals surface area contributed by atoms with Gasteiger partial charge in [-0.05, 0) is 0 Å². The molecular weight excluding hydrogens is 235 g/mol. The second-order valence-corrected chi connectivity index (χ2v) is 2.95. The normalized spacial score (nSPS) is 14.1. The smallest absolute Gasteiger partial charge is 0.323 e. The van der Waals surface area contributed by atoms with Gasteiger partial charge in [0.1, 0.15) is 11.8 Å². The third-order valence-corrected chi connectivity index (χ3v) is 1.83. The second kappa shape index (κ2) is 5.32. The number of benzene rings is 1. The number of hydrogen-bond acceptors (Lipinski definition) is 4. The average Bonchev–Trinajstić information content (AvgIpc) is 2.28. The van der Waals surface area contributed by atoms with Crippen molar-refractivity contribution in [2.75, 3.05) is 0 Å². The molecule has 90 valence electrons. The van der Waals surface area contributed by atoms with E-state index >= 15 is 0 Å². The van der Waals surface area contributed by atoms with E-state index in [2.05, 4.69) is 9.84 Å². The first kappa shape index (κ1) is 13.0. The van der Waals surface area contributed by atoms with Gasteiger partial charge in [-0.15, -0.1) is 13.2 Å². The number of nitrogens with zero attached hydrogens (tertiary/aromatic N) is 2. The van der Waals surface area contributed by atoms with Crippen molar-refractivity contribution in [2.45, 2.75) is 12.5 Å². The maximum Gasteiger partial charge on any atom is 0.524 e. The van der Waals surface area contributed by atoms with Crippen molar-refractivity contribution >= 4 is 5.71 Å². The third-order valence-electron chi connectivity index (χ3n) is 1.83. The lowest BCUT2D eigenvalue weighted by Gasteiger charge is -2.14. The zero-order valence-electron chi connectivity index (χ0n) is 8.48. The first-order valence-electron chi connectivity index (χ1n) is 4.45. The Hall–Kier alpha value is -2.07. The Kier molecular flexibility index (Phi) is 4.06. The molecule has 0 fully saturated rings. The van der Waals surface area contributed by atoms with Crippen LogP contribution in [0.15, 0.2) is 35.4 Å². The summed E-state index contributed by atoms with van der Waals surface area (Å²) in [5.74, 6) is 4.99. The molecule has 17 heavy (non-hydrogen) atoms. The molecule has 0 heterocycles. The predicted molar refractivity (Wildman–Crippen MR) is 53.7 cm³/mol. The fraction of sp³-hybridized carbons (Fsp3) is 0.200. The van der Waals surface area contributed by atoms with Crippen LogP contribution < -0.4 is 5.84 Å². The third kappa shape index (κ3) is 3.77. The van der Waals surface area contributed by atoms with Gasteiger partial charge >= 0.3 is 6.36 Å². The van der Waals surface area contributed by atoms with Gasteiger partial charge in [-0.25, -0.2) is 0 Å². The van der Waals surface area contributed by atoms with Crippen molar-refractivity contribution < 1.29 is 17.9 Å².